The maximum absolute atomic E-state index is 11.0. The van der Waals surface area contributed by atoms with Crippen LogP contribution < -0.4 is 5.32 Å². The lowest BCUT2D eigenvalue weighted by atomic mass is 10.1. The first-order valence-electron chi connectivity index (χ1n) is 7.22. The predicted molar refractivity (Wildman–Crippen MR) is 87.2 cm³/mol. The molecule has 2 aromatic rings. The summed E-state index contributed by atoms with van der Waals surface area (Å²) in [6.07, 6.45) is 1.06. The average Bonchev–Trinajstić information content (AvgIpc) is 2.48. The van der Waals surface area contributed by atoms with Crippen molar-refractivity contribution in [1.29, 1.82) is 0 Å². The molecule has 21 heavy (non-hydrogen) atoms. The molecule has 0 saturated carbocycles. The topological polar surface area (TPSA) is 32.3 Å². The van der Waals surface area contributed by atoms with Crippen LogP contribution >= 0.6 is 0 Å². The fourth-order valence-corrected chi connectivity index (χ4v) is 2.25. The highest BCUT2D eigenvalue weighted by molar-refractivity contribution is 5.88. The monoisotopic (exact) mass is 282 g/mol. The molecule has 0 bridgehead atoms. The van der Waals surface area contributed by atoms with Crippen LogP contribution in [0.25, 0.3) is 0 Å². The third kappa shape index (κ3) is 5.40. The third-order valence-corrected chi connectivity index (χ3v) is 3.35. The van der Waals surface area contributed by atoms with Crippen molar-refractivity contribution in [2.24, 2.45) is 0 Å². The van der Waals surface area contributed by atoms with Crippen LogP contribution in [0.5, 0.6) is 0 Å². The number of rotatable bonds is 6. The normalized spacial score (nSPS) is 10.6. The maximum atomic E-state index is 11.0. The Morgan fingerprint density at radius 1 is 1.00 bits per heavy atom. The Balaban J connectivity index is 1.82. The van der Waals surface area contributed by atoms with Crippen LogP contribution in [0.3, 0.4) is 0 Å². The number of hydrogen-bond acceptors (Lipinski definition) is 2. The summed E-state index contributed by atoms with van der Waals surface area (Å²) in [4.78, 5) is 13.3. The van der Waals surface area contributed by atoms with Gasteiger partial charge < -0.3 is 10.2 Å². The molecule has 0 unspecified atom stereocenters. The Morgan fingerprint density at radius 2 is 1.67 bits per heavy atom. The Kier molecular flexibility index (Phi) is 5.52. The quantitative estimate of drug-likeness (QED) is 0.881. The van der Waals surface area contributed by atoms with Gasteiger partial charge in [0, 0.05) is 25.7 Å². The lowest BCUT2D eigenvalue weighted by Crippen LogP contribution is -2.20. The second-order valence-corrected chi connectivity index (χ2v) is 5.35. The summed E-state index contributed by atoms with van der Waals surface area (Å²) in [7, 11) is 2.13. The van der Waals surface area contributed by atoms with Crippen LogP contribution in [-0.2, 0) is 17.8 Å². The number of amides is 1. The van der Waals surface area contributed by atoms with E-state index in [1.165, 1.54) is 18.1 Å². The molecule has 3 nitrogen and oxygen atoms in total. The predicted octanol–water partition coefficient (Wildman–Crippen LogP) is 3.32. The van der Waals surface area contributed by atoms with E-state index in [1.54, 1.807) is 0 Å². The van der Waals surface area contributed by atoms with E-state index in [9.17, 15) is 4.79 Å². The first-order chi connectivity index (χ1) is 10.1. The fraction of sp³-hybridized carbons (Fsp3) is 0.278. The minimum Gasteiger partial charge on any atom is -0.326 e. The van der Waals surface area contributed by atoms with Crippen molar-refractivity contribution in [3.8, 4) is 0 Å². The molecule has 0 radical (unpaired) electrons. The Labute approximate surface area is 126 Å². The number of hydrogen-bond donors (Lipinski definition) is 1. The second-order valence-electron chi connectivity index (χ2n) is 5.35. The summed E-state index contributed by atoms with van der Waals surface area (Å²) in [6.45, 7) is 3.45. The van der Waals surface area contributed by atoms with Gasteiger partial charge in [-0.25, -0.2) is 0 Å². The number of carbonyl (C=O) groups excluding carboxylic acids is 1. The highest BCUT2D eigenvalue weighted by Gasteiger charge is 2.02. The molecule has 0 atom stereocenters. The van der Waals surface area contributed by atoms with Crippen molar-refractivity contribution in [3.63, 3.8) is 0 Å². The summed E-state index contributed by atoms with van der Waals surface area (Å²) in [5, 5.41) is 2.78. The van der Waals surface area contributed by atoms with E-state index in [1.807, 2.05) is 18.2 Å². The molecule has 3 heteroatoms. The lowest BCUT2D eigenvalue weighted by molar-refractivity contribution is -0.114. The van der Waals surface area contributed by atoms with E-state index in [0.29, 0.717) is 0 Å². The van der Waals surface area contributed by atoms with Crippen molar-refractivity contribution in [2.75, 3.05) is 18.9 Å². The molecule has 110 valence electrons. The van der Waals surface area contributed by atoms with Crippen LogP contribution in [0.15, 0.2) is 54.6 Å². The van der Waals surface area contributed by atoms with Crippen LogP contribution in [0, 0.1) is 0 Å². The highest BCUT2D eigenvalue weighted by atomic mass is 16.1. The number of nitrogens with zero attached hydrogens (tertiary/aromatic N) is 1. The molecule has 0 heterocycles. The van der Waals surface area contributed by atoms with Gasteiger partial charge in [-0.3, -0.25) is 4.79 Å². The molecule has 0 aromatic heterocycles. The van der Waals surface area contributed by atoms with Gasteiger partial charge in [0.25, 0.3) is 0 Å². The minimum atomic E-state index is -0.0391. The SMILES string of the molecule is CC(=O)Nc1ccc(CN(C)CCc2ccccc2)cc1. The standard InChI is InChI=1S/C18H22N2O/c1-15(21)19-18-10-8-17(9-11-18)14-20(2)13-12-16-6-4-3-5-7-16/h3-11H,12-14H2,1-2H3,(H,19,21). The van der Waals surface area contributed by atoms with Gasteiger partial charge in [0.05, 0.1) is 0 Å². The average molecular weight is 282 g/mol. The molecular weight excluding hydrogens is 260 g/mol. The van der Waals surface area contributed by atoms with Gasteiger partial charge in [-0.2, -0.15) is 0 Å². The Hall–Kier alpha value is -2.13. The molecular formula is C18H22N2O. The fourth-order valence-electron chi connectivity index (χ4n) is 2.25. The van der Waals surface area contributed by atoms with E-state index in [4.69, 9.17) is 0 Å². The van der Waals surface area contributed by atoms with Gasteiger partial charge in [-0.15, -0.1) is 0 Å². The van der Waals surface area contributed by atoms with Crippen LogP contribution in [-0.4, -0.2) is 24.4 Å². The zero-order chi connectivity index (χ0) is 15.1. The van der Waals surface area contributed by atoms with E-state index in [-0.39, 0.29) is 5.91 Å². The van der Waals surface area contributed by atoms with Crippen molar-refractivity contribution in [1.82, 2.24) is 4.90 Å². The summed E-state index contributed by atoms with van der Waals surface area (Å²) in [5.74, 6) is -0.0391. The summed E-state index contributed by atoms with van der Waals surface area (Å²) in [6, 6.07) is 18.5. The maximum Gasteiger partial charge on any atom is 0.221 e. The molecule has 1 N–H and O–H groups in total. The van der Waals surface area contributed by atoms with Gasteiger partial charge in [-0.1, -0.05) is 42.5 Å². The van der Waals surface area contributed by atoms with Crippen molar-refractivity contribution < 1.29 is 4.79 Å². The Bertz CT molecular complexity index is 564. The van der Waals surface area contributed by atoms with Crippen LogP contribution in [0.1, 0.15) is 18.1 Å². The van der Waals surface area contributed by atoms with Gasteiger partial charge >= 0.3 is 0 Å². The minimum absolute atomic E-state index is 0.0391. The smallest absolute Gasteiger partial charge is 0.221 e. The molecule has 0 fully saturated rings. The number of benzene rings is 2. The molecule has 0 spiro atoms. The molecule has 0 aliphatic rings. The van der Waals surface area contributed by atoms with Gasteiger partial charge in [0.1, 0.15) is 0 Å². The van der Waals surface area contributed by atoms with Crippen molar-refractivity contribution in [3.05, 3.63) is 65.7 Å². The summed E-state index contributed by atoms with van der Waals surface area (Å²) < 4.78 is 0. The van der Waals surface area contributed by atoms with Gasteiger partial charge in [0.2, 0.25) is 5.91 Å². The van der Waals surface area contributed by atoms with Crippen LogP contribution in [0.2, 0.25) is 0 Å². The number of anilines is 1. The summed E-state index contributed by atoms with van der Waals surface area (Å²) in [5.41, 5.74) is 3.46. The largest absolute Gasteiger partial charge is 0.326 e. The van der Waals surface area contributed by atoms with E-state index < -0.39 is 0 Å². The van der Waals surface area contributed by atoms with Gasteiger partial charge in [0.15, 0.2) is 0 Å². The van der Waals surface area contributed by atoms with E-state index in [2.05, 4.69) is 53.7 Å². The first-order valence-corrected chi connectivity index (χ1v) is 7.22. The van der Waals surface area contributed by atoms with Crippen molar-refractivity contribution in [2.45, 2.75) is 19.9 Å². The molecule has 0 aliphatic heterocycles. The zero-order valence-electron chi connectivity index (χ0n) is 12.7. The molecule has 0 saturated heterocycles. The lowest BCUT2D eigenvalue weighted by Gasteiger charge is -2.17. The molecule has 2 rings (SSSR count). The van der Waals surface area contributed by atoms with Crippen LogP contribution in [0.4, 0.5) is 5.69 Å². The number of carbonyl (C=O) groups is 1. The van der Waals surface area contributed by atoms with E-state index >= 15 is 0 Å². The molecule has 0 aliphatic carbocycles. The second kappa shape index (κ2) is 7.60. The Morgan fingerprint density at radius 3 is 2.29 bits per heavy atom. The zero-order valence-corrected chi connectivity index (χ0v) is 12.7. The molecule has 1 amide bonds. The van der Waals surface area contributed by atoms with Crippen molar-refractivity contribution >= 4 is 11.6 Å². The number of likely N-dealkylation sites (N-methyl/N-ethyl adjacent to an activating group) is 1. The summed E-state index contributed by atoms with van der Waals surface area (Å²) >= 11 is 0. The molecule has 2 aromatic carbocycles. The number of nitrogens with one attached hydrogen (secondary N) is 1. The first kappa shape index (κ1) is 15.3. The third-order valence-electron chi connectivity index (χ3n) is 3.35. The highest BCUT2D eigenvalue weighted by Crippen LogP contribution is 2.11. The van der Waals surface area contributed by atoms with Gasteiger partial charge in [-0.05, 0) is 36.7 Å². The van der Waals surface area contributed by atoms with E-state index in [0.717, 1.165) is 25.2 Å².